The van der Waals surface area contributed by atoms with Gasteiger partial charge in [-0.25, -0.2) is 12.8 Å². The maximum atomic E-state index is 13.8. The Morgan fingerprint density at radius 2 is 1.75 bits per heavy atom. The van der Waals surface area contributed by atoms with E-state index in [2.05, 4.69) is 9.62 Å². The normalized spacial score (nSPS) is 15.8. The minimum absolute atomic E-state index is 0.0705. The molecule has 1 aliphatic rings. The van der Waals surface area contributed by atoms with Gasteiger partial charge in [0.1, 0.15) is 5.82 Å². The van der Waals surface area contributed by atoms with Gasteiger partial charge in [0.2, 0.25) is 0 Å². The van der Waals surface area contributed by atoms with Gasteiger partial charge in [0.05, 0.1) is 10.6 Å². The van der Waals surface area contributed by atoms with Gasteiger partial charge in [0.15, 0.2) is 6.29 Å². The zero-order chi connectivity index (χ0) is 20.1. The molecule has 3 rings (SSSR count). The monoisotopic (exact) mass is 408 g/mol. The second-order valence-electron chi connectivity index (χ2n) is 6.75. The summed E-state index contributed by atoms with van der Waals surface area (Å²) in [6.45, 7) is 1.55. The molecule has 0 radical (unpaired) electrons. The number of para-hydroxylation sites is 1. The Morgan fingerprint density at radius 3 is 2.39 bits per heavy atom. The minimum Gasteiger partial charge on any atom is -0.371 e. The van der Waals surface area contributed by atoms with Gasteiger partial charge < -0.3 is 14.4 Å². The predicted octanol–water partition coefficient (Wildman–Crippen LogP) is 3.46. The maximum absolute atomic E-state index is 13.8. The van der Waals surface area contributed by atoms with Gasteiger partial charge in [-0.15, -0.1) is 0 Å². The van der Waals surface area contributed by atoms with E-state index in [9.17, 15) is 12.8 Å². The molecule has 152 valence electrons. The molecule has 1 heterocycles. The molecule has 28 heavy (non-hydrogen) atoms. The molecule has 2 aromatic carbocycles. The van der Waals surface area contributed by atoms with E-state index >= 15 is 0 Å². The van der Waals surface area contributed by atoms with Crippen LogP contribution in [0.2, 0.25) is 0 Å². The fraction of sp³-hybridized carbons (Fsp3) is 0.400. The van der Waals surface area contributed by atoms with Gasteiger partial charge in [0, 0.05) is 38.9 Å². The predicted molar refractivity (Wildman–Crippen MR) is 106 cm³/mol. The summed E-state index contributed by atoms with van der Waals surface area (Å²) >= 11 is 0. The van der Waals surface area contributed by atoms with Crippen LogP contribution in [0.1, 0.15) is 12.8 Å². The first-order valence-corrected chi connectivity index (χ1v) is 10.6. The summed E-state index contributed by atoms with van der Waals surface area (Å²) < 4.78 is 52.2. The molecular weight excluding hydrogens is 383 g/mol. The van der Waals surface area contributed by atoms with Crippen LogP contribution in [0, 0.1) is 11.7 Å². The van der Waals surface area contributed by atoms with Crippen LogP contribution in [0.3, 0.4) is 0 Å². The van der Waals surface area contributed by atoms with Crippen LogP contribution >= 0.6 is 0 Å². The van der Waals surface area contributed by atoms with E-state index in [1.165, 1.54) is 24.3 Å². The van der Waals surface area contributed by atoms with Crippen LogP contribution in [-0.2, 0) is 19.5 Å². The Labute approximate surface area is 165 Å². The highest BCUT2D eigenvalue weighted by Crippen LogP contribution is 2.28. The average Bonchev–Trinajstić information content (AvgIpc) is 2.71. The number of piperidine rings is 1. The van der Waals surface area contributed by atoms with E-state index in [1.807, 2.05) is 6.07 Å². The molecule has 1 saturated heterocycles. The van der Waals surface area contributed by atoms with Crippen molar-refractivity contribution in [1.82, 2.24) is 0 Å². The number of methoxy groups -OCH3 is 2. The van der Waals surface area contributed by atoms with E-state index in [-0.39, 0.29) is 16.9 Å². The molecule has 2 aromatic rings. The number of halogens is 1. The number of nitrogens with one attached hydrogen (secondary N) is 1. The van der Waals surface area contributed by atoms with Crippen molar-refractivity contribution in [2.45, 2.75) is 24.0 Å². The van der Waals surface area contributed by atoms with E-state index in [4.69, 9.17) is 9.47 Å². The number of sulfonamides is 1. The van der Waals surface area contributed by atoms with E-state index < -0.39 is 15.8 Å². The van der Waals surface area contributed by atoms with E-state index in [0.29, 0.717) is 5.92 Å². The summed E-state index contributed by atoms with van der Waals surface area (Å²) in [5, 5.41) is 0. The van der Waals surface area contributed by atoms with Crippen LogP contribution in [0.4, 0.5) is 15.8 Å². The molecule has 1 N–H and O–H groups in total. The van der Waals surface area contributed by atoms with Crippen molar-refractivity contribution in [1.29, 1.82) is 0 Å². The van der Waals surface area contributed by atoms with Crippen LogP contribution in [0.15, 0.2) is 53.4 Å². The van der Waals surface area contributed by atoms with Crippen molar-refractivity contribution in [2.75, 3.05) is 36.9 Å². The second kappa shape index (κ2) is 8.89. The molecular formula is C20H25FN2O4S. The van der Waals surface area contributed by atoms with Gasteiger partial charge >= 0.3 is 0 Å². The summed E-state index contributed by atoms with van der Waals surface area (Å²) in [5.41, 5.74) is 0.750. The summed E-state index contributed by atoms with van der Waals surface area (Å²) in [5.74, 6) is -0.309. The Bertz CT molecular complexity index is 895. The first kappa shape index (κ1) is 20.6. The zero-order valence-corrected chi connectivity index (χ0v) is 16.8. The second-order valence-corrected chi connectivity index (χ2v) is 8.43. The molecule has 0 aliphatic carbocycles. The highest BCUT2D eigenvalue weighted by Gasteiger charge is 2.27. The summed E-state index contributed by atoms with van der Waals surface area (Å²) in [4.78, 5) is 2.24. The lowest BCUT2D eigenvalue weighted by Crippen LogP contribution is -2.39. The molecule has 1 fully saturated rings. The SMILES string of the molecule is COC(OC)C1CCN(c2cccc(S(=O)(=O)Nc3ccccc3F)c2)CC1. The highest BCUT2D eigenvalue weighted by molar-refractivity contribution is 7.92. The molecule has 0 atom stereocenters. The topological polar surface area (TPSA) is 67.9 Å². The van der Waals surface area contributed by atoms with Crippen LogP contribution in [-0.4, -0.2) is 42.0 Å². The van der Waals surface area contributed by atoms with Crippen LogP contribution in [0.25, 0.3) is 0 Å². The third-order valence-electron chi connectivity index (χ3n) is 5.00. The van der Waals surface area contributed by atoms with E-state index in [1.54, 1.807) is 32.4 Å². The van der Waals surface area contributed by atoms with Crippen molar-refractivity contribution >= 4 is 21.4 Å². The molecule has 0 unspecified atom stereocenters. The fourth-order valence-electron chi connectivity index (χ4n) is 3.51. The fourth-order valence-corrected chi connectivity index (χ4v) is 4.61. The molecule has 0 amide bonds. The molecule has 0 bridgehead atoms. The van der Waals surface area contributed by atoms with Gasteiger partial charge in [0.25, 0.3) is 10.0 Å². The van der Waals surface area contributed by atoms with Crippen molar-refractivity contribution in [2.24, 2.45) is 5.92 Å². The molecule has 0 spiro atoms. The third kappa shape index (κ3) is 4.63. The molecule has 6 nitrogen and oxygen atoms in total. The largest absolute Gasteiger partial charge is 0.371 e. The van der Waals surface area contributed by atoms with Crippen molar-refractivity contribution < 1.29 is 22.3 Å². The van der Waals surface area contributed by atoms with Crippen LogP contribution < -0.4 is 9.62 Å². The average molecular weight is 408 g/mol. The summed E-state index contributed by atoms with van der Waals surface area (Å²) in [7, 11) is -0.613. The summed E-state index contributed by atoms with van der Waals surface area (Å²) in [6, 6.07) is 12.4. The number of hydrogen-bond acceptors (Lipinski definition) is 5. The summed E-state index contributed by atoms with van der Waals surface area (Å²) in [6.07, 6.45) is 1.55. The highest BCUT2D eigenvalue weighted by atomic mass is 32.2. The molecule has 0 saturated carbocycles. The number of hydrogen-bond donors (Lipinski definition) is 1. The molecule has 8 heteroatoms. The maximum Gasteiger partial charge on any atom is 0.262 e. The smallest absolute Gasteiger partial charge is 0.262 e. The standard InChI is InChI=1S/C20H25FN2O4S/c1-26-20(27-2)15-10-12-23(13-11-15)16-6-5-7-17(14-16)28(24,25)22-19-9-4-3-8-18(19)21/h3-9,14-15,20,22H,10-13H2,1-2H3. The quantitative estimate of drug-likeness (QED) is 0.711. The van der Waals surface area contributed by atoms with Gasteiger partial charge in [-0.1, -0.05) is 18.2 Å². The lowest BCUT2D eigenvalue weighted by Gasteiger charge is -2.36. The Balaban J connectivity index is 1.73. The van der Waals surface area contributed by atoms with Crippen molar-refractivity contribution in [3.05, 3.63) is 54.3 Å². The Morgan fingerprint density at radius 1 is 1.07 bits per heavy atom. The molecule has 0 aromatic heterocycles. The van der Waals surface area contributed by atoms with Gasteiger partial charge in [-0.05, 0) is 43.2 Å². The number of rotatable bonds is 7. The number of anilines is 2. The first-order chi connectivity index (χ1) is 13.4. The zero-order valence-electron chi connectivity index (χ0n) is 16.0. The number of benzene rings is 2. The lowest BCUT2D eigenvalue weighted by molar-refractivity contribution is -0.141. The van der Waals surface area contributed by atoms with Gasteiger partial charge in [-0.3, -0.25) is 4.72 Å². The third-order valence-corrected chi connectivity index (χ3v) is 6.36. The van der Waals surface area contributed by atoms with Gasteiger partial charge in [-0.2, -0.15) is 0 Å². The first-order valence-electron chi connectivity index (χ1n) is 9.12. The number of nitrogens with zero attached hydrogens (tertiary/aromatic N) is 1. The van der Waals surface area contributed by atoms with Crippen molar-refractivity contribution in [3.8, 4) is 0 Å². The number of ether oxygens (including phenoxy) is 2. The van der Waals surface area contributed by atoms with Crippen LogP contribution in [0.5, 0.6) is 0 Å². The Kier molecular flexibility index (Phi) is 6.53. The molecule has 1 aliphatic heterocycles. The lowest BCUT2D eigenvalue weighted by atomic mass is 9.95. The van der Waals surface area contributed by atoms with E-state index in [0.717, 1.165) is 31.6 Å². The van der Waals surface area contributed by atoms with Crippen molar-refractivity contribution in [3.63, 3.8) is 0 Å². The minimum atomic E-state index is -3.89. The Hall–Kier alpha value is -2.16.